The van der Waals surface area contributed by atoms with Gasteiger partial charge in [0.1, 0.15) is 17.2 Å². The van der Waals surface area contributed by atoms with Gasteiger partial charge in [-0.15, -0.1) is 0 Å². The Morgan fingerprint density at radius 3 is 2.51 bits per heavy atom. The molecule has 188 valence electrons. The topological polar surface area (TPSA) is 108 Å². The van der Waals surface area contributed by atoms with Crippen molar-refractivity contribution in [2.75, 3.05) is 10.6 Å². The molecule has 2 aliphatic carbocycles. The van der Waals surface area contributed by atoms with Gasteiger partial charge in [0.15, 0.2) is 5.65 Å². The highest BCUT2D eigenvalue weighted by Gasteiger charge is 2.37. The maximum Gasteiger partial charge on any atom is 0.224 e. The zero-order chi connectivity index (χ0) is 24.7. The van der Waals surface area contributed by atoms with Crippen LogP contribution in [0.4, 0.5) is 26.4 Å². The molecular formula is C25H32F2N6O2. The number of benzene rings is 1. The molecular weight excluding hydrogens is 454 g/mol. The van der Waals surface area contributed by atoms with Crippen molar-refractivity contribution in [2.45, 2.75) is 82.6 Å². The van der Waals surface area contributed by atoms with Gasteiger partial charge in [-0.05, 0) is 76.8 Å². The molecule has 0 amide bonds. The highest BCUT2D eigenvalue weighted by Crippen LogP contribution is 2.43. The van der Waals surface area contributed by atoms with Gasteiger partial charge in [-0.2, -0.15) is 4.98 Å². The summed E-state index contributed by atoms with van der Waals surface area (Å²) in [5.74, 6) is -0.372. The van der Waals surface area contributed by atoms with Crippen molar-refractivity contribution < 1.29 is 19.0 Å². The second-order valence-electron chi connectivity index (χ2n) is 10.4. The van der Waals surface area contributed by atoms with Crippen LogP contribution in [-0.2, 0) is 0 Å². The second-order valence-corrected chi connectivity index (χ2v) is 10.4. The lowest BCUT2D eigenvalue weighted by Gasteiger charge is -2.26. The summed E-state index contributed by atoms with van der Waals surface area (Å²) in [5, 5.41) is 26.8. The van der Waals surface area contributed by atoms with E-state index in [1.165, 1.54) is 12.1 Å². The van der Waals surface area contributed by atoms with Gasteiger partial charge in [-0.1, -0.05) is 0 Å². The fourth-order valence-corrected chi connectivity index (χ4v) is 5.34. The molecule has 4 N–H and O–H groups in total. The molecule has 1 aromatic carbocycles. The van der Waals surface area contributed by atoms with Gasteiger partial charge < -0.3 is 20.8 Å². The number of nitrogens with zero attached hydrogens (tertiary/aromatic N) is 4. The van der Waals surface area contributed by atoms with Crippen molar-refractivity contribution >= 4 is 28.7 Å². The lowest BCUT2D eigenvalue weighted by atomic mass is 9.89. The van der Waals surface area contributed by atoms with Crippen LogP contribution in [0.15, 0.2) is 24.4 Å². The zero-order valence-corrected chi connectivity index (χ0v) is 20.0. The molecule has 2 fully saturated rings. The van der Waals surface area contributed by atoms with Crippen LogP contribution >= 0.6 is 0 Å². The molecule has 3 aromatic rings. The fourth-order valence-electron chi connectivity index (χ4n) is 5.34. The number of hydrogen-bond acceptors (Lipinski definition) is 7. The molecule has 2 aromatic heterocycles. The summed E-state index contributed by atoms with van der Waals surface area (Å²) >= 11 is 0. The van der Waals surface area contributed by atoms with E-state index in [9.17, 15) is 19.0 Å². The van der Waals surface area contributed by atoms with Gasteiger partial charge in [0, 0.05) is 18.2 Å². The minimum absolute atomic E-state index is 0.00462. The molecule has 2 atom stereocenters. The summed E-state index contributed by atoms with van der Waals surface area (Å²) in [5.41, 5.74) is 0.484. The summed E-state index contributed by atoms with van der Waals surface area (Å²) in [4.78, 5) is 13.9. The Bertz CT molecular complexity index is 1200. The SMILES string of the molecule is CC(C)(O)[C@H]1CCC(n2c(Nc3ccc(F)cc3F)nc3cnc(NC4CCC(O)CC4)nc32)C1. The van der Waals surface area contributed by atoms with Gasteiger partial charge in [-0.25, -0.2) is 18.7 Å². The lowest BCUT2D eigenvalue weighted by Crippen LogP contribution is -2.29. The van der Waals surface area contributed by atoms with E-state index in [1.54, 1.807) is 6.20 Å². The average Bonchev–Trinajstić information content (AvgIpc) is 3.41. The second kappa shape index (κ2) is 9.31. The molecule has 5 rings (SSSR count). The number of fused-ring (bicyclic) bond motifs is 1. The number of hydrogen-bond donors (Lipinski definition) is 4. The summed E-state index contributed by atoms with van der Waals surface area (Å²) in [7, 11) is 0. The van der Waals surface area contributed by atoms with E-state index in [4.69, 9.17) is 4.98 Å². The normalized spacial score (nSPS) is 25.2. The van der Waals surface area contributed by atoms with E-state index in [2.05, 4.69) is 20.6 Å². The molecule has 2 saturated carbocycles. The number of imidazole rings is 1. The van der Waals surface area contributed by atoms with Crippen LogP contribution in [0.2, 0.25) is 0 Å². The monoisotopic (exact) mass is 486 g/mol. The molecule has 2 heterocycles. The number of aliphatic hydroxyl groups is 2. The number of aromatic nitrogens is 4. The maximum absolute atomic E-state index is 14.4. The first kappa shape index (κ1) is 23.9. The molecule has 10 heteroatoms. The number of halogens is 2. The van der Waals surface area contributed by atoms with Crippen LogP contribution in [0.25, 0.3) is 11.2 Å². The van der Waals surface area contributed by atoms with E-state index in [1.807, 2.05) is 18.4 Å². The zero-order valence-electron chi connectivity index (χ0n) is 20.0. The van der Waals surface area contributed by atoms with Crippen LogP contribution in [-0.4, -0.2) is 47.5 Å². The quantitative estimate of drug-likeness (QED) is 0.401. The van der Waals surface area contributed by atoms with E-state index in [0.29, 0.717) is 23.1 Å². The van der Waals surface area contributed by atoms with Crippen LogP contribution in [0.1, 0.15) is 64.8 Å². The van der Waals surface area contributed by atoms with Gasteiger partial charge in [0.05, 0.1) is 23.6 Å². The Morgan fingerprint density at radius 2 is 1.83 bits per heavy atom. The van der Waals surface area contributed by atoms with Crippen molar-refractivity contribution in [1.82, 2.24) is 19.5 Å². The van der Waals surface area contributed by atoms with E-state index >= 15 is 0 Å². The van der Waals surface area contributed by atoms with Crippen molar-refractivity contribution in [2.24, 2.45) is 5.92 Å². The van der Waals surface area contributed by atoms with E-state index in [-0.39, 0.29) is 29.8 Å². The average molecular weight is 487 g/mol. The third kappa shape index (κ3) is 5.08. The van der Waals surface area contributed by atoms with Crippen LogP contribution in [0.3, 0.4) is 0 Å². The molecule has 2 aliphatic rings. The van der Waals surface area contributed by atoms with Crippen LogP contribution in [0, 0.1) is 17.6 Å². The van der Waals surface area contributed by atoms with Crippen molar-refractivity contribution in [3.05, 3.63) is 36.0 Å². The minimum atomic E-state index is -0.810. The molecule has 0 spiro atoms. The van der Waals surface area contributed by atoms with E-state index in [0.717, 1.165) is 51.0 Å². The van der Waals surface area contributed by atoms with Crippen molar-refractivity contribution in [1.29, 1.82) is 0 Å². The fraction of sp³-hybridized carbons (Fsp3) is 0.560. The first-order chi connectivity index (χ1) is 16.7. The summed E-state index contributed by atoms with van der Waals surface area (Å²) in [6.07, 6.45) is 6.96. The van der Waals surface area contributed by atoms with Gasteiger partial charge in [-0.3, -0.25) is 4.57 Å². The molecule has 0 bridgehead atoms. The third-order valence-electron chi connectivity index (χ3n) is 7.41. The number of rotatable bonds is 6. The minimum Gasteiger partial charge on any atom is -0.393 e. The molecule has 35 heavy (non-hydrogen) atoms. The summed E-state index contributed by atoms with van der Waals surface area (Å²) < 4.78 is 29.8. The maximum atomic E-state index is 14.4. The number of anilines is 3. The number of aliphatic hydroxyl groups excluding tert-OH is 1. The molecule has 0 saturated heterocycles. The summed E-state index contributed by atoms with van der Waals surface area (Å²) in [6.45, 7) is 3.65. The van der Waals surface area contributed by atoms with Gasteiger partial charge >= 0.3 is 0 Å². The van der Waals surface area contributed by atoms with E-state index < -0.39 is 17.2 Å². The Hall–Kier alpha value is -2.85. The van der Waals surface area contributed by atoms with Crippen molar-refractivity contribution in [3.63, 3.8) is 0 Å². The van der Waals surface area contributed by atoms with Gasteiger partial charge in [0.2, 0.25) is 11.9 Å². The first-order valence-corrected chi connectivity index (χ1v) is 12.3. The Labute approximate surface area is 202 Å². The smallest absolute Gasteiger partial charge is 0.224 e. The van der Waals surface area contributed by atoms with Gasteiger partial charge in [0.25, 0.3) is 0 Å². The third-order valence-corrected chi connectivity index (χ3v) is 7.41. The highest BCUT2D eigenvalue weighted by atomic mass is 19.1. The largest absolute Gasteiger partial charge is 0.393 e. The van der Waals surface area contributed by atoms with Crippen LogP contribution < -0.4 is 10.6 Å². The molecule has 8 nitrogen and oxygen atoms in total. The molecule has 0 radical (unpaired) electrons. The molecule has 1 unspecified atom stereocenters. The van der Waals surface area contributed by atoms with Crippen LogP contribution in [0.5, 0.6) is 0 Å². The summed E-state index contributed by atoms with van der Waals surface area (Å²) in [6, 6.07) is 3.55. The number of nitrogens with one attached hydrogen (secondary N) is 2. The highest BCUT2D eigenvalue weighted by molar-refractivity contribution is 5.76. The Kier molecular flexibility index (Phi) is 6.35. The molecule has 0 aliphatic heterocycles. The Balaban J connectivity index is 1.50. The predicted octanol–water partition coefficient (Wildman–Crippen LogP) is 4.68. The first-order valence-electron chi connectivity index (χ1n) is 12.3. The standard InChI is InChI=1S/C25H32F2N6O2/c1-25(2,35)14-3-7-17(11-14)33-22-21(31-24(33)30-20-10-4-15(26)12-19(20)27)13-28-23(32-22)29-16-5-8-18(34)9-6-16/h4,10,12-14,16-18,34-35H,3,5-9,11H2,1-2H3,(H,30,31)(H,28,29,32)/t14-,16?,17?,18?/m0/s1. The lowest BCUT2D eigenvalue weighted by molar-refractivity contribution is 0.0186. The predicted molar refractivity (Wildman–Crippen MR) is 130 cm³/mol. The van der Waals surface area contributed by atoms with Crippen molar-refractivity contribution in [3.8, 4) is 0 Å². The Morgan fingerprint density at radius 1 is 1.06 bits per heavy atom.